The number of amides is 4. The summed E-state index contributed by atoms with van der Waals surface area (Å²) >= 11 is 0. The van der Waals surface area contributed by atoms with E-state index in [-0.39, 0.29) is 60.5 Å². The molecule has 4 N–H and O–H groups in total. The minimum Gasteiger partial charge on any atom is -0.453 e. The van der Waals surface area contributed by atoms with E-state index in [0.29, 0.717) is 13.1 Å². The number of carbonyl (C=O) groups excluding carboxylic acids is 4. The van der Waals surface area contributed by atoms with Crippen LogP contribution in [0.4, 0.5) is 9.59 Å². The normalized spacial score (nSPS) is 17.5. The lowest BCUT2D eigenvalue weighted by Gasteiger charge is -2.30. The lowest BCUT2D eigenvalue weighted by atomic mass is 10.0. The van der Waals surface area contributed by atoms with E-state index in [4.69, 9.17) is 9.47 Å². The third-order valence-corrected chi connectivity index (χ3v) is 10.4. The van der Waals surface area contributed by atoms with E-state index in [0.717, 1.165) is 71.0 Å². The second-order valence-corrected chi connectivity index (χ2v) is 14.6. The molecule has 4 amide bonds. The predicted molar refractivity (Wildman–Crippen MR) is 217 cm³/mol. The number of alkyl carbamates (subject to hydrolysis) is 2. The standard InChI is InChI=1S/C40H50N8O6.2ClH/c1-23(2)33(45-39(51)53-5)37(49)47-19-7-9-31(47)35-41-21-29(43-35)27-15-11-25(12-16-27)26-13-17-28(18-14-26)30-22-42-36(44-30)32-10-8-20-48(32)38(50)34(24(3)4)46-40(52)54-6;;/h11-18,21-24,31-34H,7-10,19-20H2,1-6H3,(H,41,43)(H,42,44)(H,45,51)(H,46,52);2*1H/t31-,32-,33-,34-;;/m0../s1. The fourth-order valence-corrected chi connectivity index (χ4v) is 7.38. The molecule has 302 valence electrons. The predicted octanol–water partition coefficient (Wildman–Crippen LogP) is 7.07. The van der Waals surface area contributed by atoms with E-state index in [1.165, 1.54) is 14.2 Å². The van der Waals surface area contributed by atoms with Gasteiger partial charge in [-0.05, 0) is 59.8 Å². The van der Waals surface area contributed by atoms with Crippen LogP contribution in [0.5, 0.6) is 0 Å². The molecule has 0 saturated carbocycles. The molecule has 0 aliphatic carbocycles. The number of carbonyl (C=O) groups is 4. The van der Waals surface area contributed by atoms with Crippen LogP contribution in [0.1, 0.15) is 77.1 Å². The van der Waals surface area contributed by atoms with Crippen LogP contribution in [0.2, 0.25) is 0 Å². The summed E-state index contributed by atoms with van der Waals surface area (Å²) in [6.45, 7) is 8.78. The summed E-state index contributed by atoms with van der Waals surface area (Å²) in [7, 11) is 2.58. The first-order valence-electron chi connectivity index (χ1n) is 18.6. The molecule has 0 spiro atoms. The zero-order valence-electron chi connectivity index (χ0n) is 32.5. The highest BCUT2D eigenvalue weighted by molar-refractivity contribution is 5.87. The van der Waals surface area contributed by atoms with Gasteiger partial charge in [-0.3, -0.25) is 9.59 Å². The van der Waals surface area contributed by atoms with Crippen molar-refractivity contribution in [3.05, 3.63) is 72.6 Å². The summed E-state index contributed by atoms with van der Waals surface area (Å²) < 4.78 is 9.50. The van der Waals surface area contributed by atoms with Gasteiger partial charge in [0.2, 0.25) is 11.8 Å². The van der Waals surface area contributed by atoms with E-state index in [1.54, 1.807) is 22.2 Å². The average molecular weight is 812 g/mol. The molecule has 14 nitrogen and oxygen atoms in total. The van der Waals surface area contributed by atoms with Crippen molar-refractivity contribution in [1.82, 2.24) is 40.4 Å². The van der Waals surface area contributed by atoms with E-state index >= 15 is 0 Å². The lowest BCUT2D eigenvalue weighted by Crippen LogP contribution is -2.51. The number of hydrogen-bond donors (Lipinski definition) is 4. The SMILES string of the molecule is COC(=O)N[C@H](C(=O)N1CCC[C@H]1c1ncc(-c2ccc(-c3ccc(-c4cnc([C@@H]5CCCN5C(=O)[C@@H](NC(=O)OC)C(C)C)[nH]4)cc3)cc2)[nH]1)C(C)C.Cl.Cl. The molecule has 16 heteroatoms. The Labute approximate surface area is 339 Å². The van der Waals surface area contributed by atoms with Crippen LogP contribution in [0.3, 0.4) is 0 Å². The van der Waals surface area contributed by atoms with E-state index in [9.17, 15) is 19.2 Å². The van der Waals surface area contributed by atoms with Gasteiger partial charge in [0.05, 0.1) is 50.1 Å². The van der Waals surface area contributed by atoms with Crippen molar-refractivity contribution in [3.8, 4) is 33.6 Å². The summed E-state index contributed by atoms with van der Waals surface area (Å²) in [4.78, 5) is 70.7. The molecule has 4 heterocycles. The highest BCUT2D eigenvalue weighted by Gasteiger charge is 2.39. The number of rotatable bonds is 11. The summed E-state index contributed by atoms with van der Waals surface area (Å²) in [5.41, 5.74) is 5.78. The van der Waals surface area contributed by atoms with E-state index < -0.39 is 24.3 Å². The zero-order chi connectivity index (χ0) is 38.5. The first kappa shape index (κ1) is 43.6. The molecule has 6 rings (SSSR count). The maximum absolute atomic E-state index is 13.5. The lowest BCUT2D eigenvalue weighted by molar-refractivity contribution is -0.136. The zero-order valence-corrected chi connectivity index (χ0v) is 34.2. The van der Waals surface area contributed by atoms with E-state index in [2.05, 4.69) is 54.8 Å². The summed E-state index contributed by atoms with van der Waals surface area (Å²) in [6.07, 6.45) is 5.61. The minimum absolute atomic E-state index is 0. The summed E-state index contributed by atoms with van der Waals surface area (Å²) in [6, 6.07) is 14.7. The largest absolute Gasteiger partial charge is 0.453 e. The van der Waals surface area contributed by atoms with Crippen LogP contribution in [0.25, 0.3) is 33.6 Å². The molecular weight excluding hydrogens is 759 g/mol. The maximum atomic E-state index is 13.5. The molecule has 2 aliphatic rings. The molecule has 2 aromatic heterocycles. The molecule has 0 unspecified atom stereocenters. The van der Waals surface area contributed by atoms with E-state index in [1.807, 2.05) is 52.0 Å². The van der Waals surface area contributed by atoms with Gasteiger partial charge >= 0.3 is 12.2 Å². The third-order valence-electron chi connectivity index (χ3n) is 10.4. The quantitative estimate of drug-likeness (QED) is 0.125. The molecule has 56 heavy (non-hydrogen) atoms. The number of aromatic amines is 2. The minimum atomic E-state index is -0.687. The van der Waals surface area contributed by atoms with Crippen LogP contribution >= 0.6 is 24.8 Å². The van der Waals surface area contributed by atoms with Crippen molar-refractivity contribution in [2.45, 2.75) is 77.5 Å². The Morgan fingerprint density at radius 2 is 0.964 bits per heavy atom. The monoisotopic (exact) mass is 810 g/mol. The fourth-order valence-electron chi connectivity index (χ4n) is 7.38. The summed E-state index contributed by atoms with van der Waals surface area (Å²) in [5, 5.41) is 5.38. The highest BCUT2D eigenvalue weighted by Crippen LogP contribution is 2.35. The van der Waals surface area contributed by atoms with Crippen molar-refractivity contribution < 1.29 is 28.7 Å². The number of likely N-dealkylation sites (tertiary alicyclic amines) is 2. The Bertz CT molecular complexity index is 1810. The Morgan fingerprint density at radius 3 is 1.29 bits per heavy atom. The van der Waals surface area contributed by atoms with Crippen LogP contribution in [-0.2, 0) is 19.1 Å². The van der Waals surface area contributed by atoms with Gasteiger partial charge < -0.3 is 39.9 Å². The molecule has 2 aromatic carbocycles. The van der Waals surface area contributed by atoms with Crippen LogP contribution in [0.15, 0.2) is 60.9 Å². The molecule has 2 fully saturated rings. The summed E-state index contributed by atoms with van der Waals surface area (Å²) in [5.74, 6) is 0.955. The van der Waals surface area contributed by atoms with Crippen LogP contribution in [-0.4, -0.2) is 93.1 Å². The van der Waals surface area contributed by atoms with Gasteiger partial charge in [0.15, 0.2) is 0 Å². The highest BCUT2D eigenvalue weighted by atomic mass is 35.5. The van der Waals surface area contributed by atoms with Gasteiger partial charge in [0, 0.05) is 13.1 Å². The number of benzene rings is 2. The first-order valence-corrected chi connectivity index (χ1v) is 18.6. The maximum Gasteiger partial charge on any atom is 0.407 e. The molecule has 0 radical (unpaired) electrons. The average Bonchev–Trinajstić information content (AvgIpc) is 4.02. The number of imidazole rings is 2. The van der Waals surface area contributed by atoms with Gasteiger partial charge in [-0.25, -0.2) is 19.6 Å². The molecule has 2 aliphatic heterocycles. The van der Waals surface area contributed by atoms with Crippen molar-refractivity contribution in [2.24, 2.45) is 11.8 Å². The van der Waals surface area contributed by atoms with Gasteiger partial charge in [0.25, 0.3) is 0 Å². The number of ether oxygens (including phenoxy) is 2. The second-order valence-electron chi connectivity index (χ2n) is 14.6. The van der Waals surface area contributed by atoms with Crippen LogP contribution < -0.4 is 10.6 Å². The molecular formula is C40H52Cl2N8O6. The van der Waals surface area contributed by atoms with Crippen molar-refractivity contribution >= 4 is 48.8 Å². The molecule has 0 bridgehead atoms. The Balaban J connectivity index is 0.00000348. The number of aromatic nitrogens is 4. The number of methoxy groups -OCH3 is 2. The third kappa shape index (κ3) is 9.47. The number of nitrogens with zero attached hydrogens (tertiary/aromatic N) is 4. The van der Waals surface area contributed by atoms with Gasteiger partial charge in [-0.15, -0.1) is 24.8 Å². The second kappa shape index (κ2) is 19.2. The van der Waals surface area contributed by atoms with Crippen molar-refractivity contribution in [2.75, 3.05) is 27.3 Å². The number of nitrogens with one attached hydrogen (secondary N) is 4. The molecule has 2 saturated heterocycles. The van der Waals surface area contributed by atoms with Gasteiger partial charge in [-0.2, -0.15) is 0 Å². The van der Waals surface area contributed by atoms with Crippen molar-refractivity contribution in [3.63, 3.8) is 0 Å². The van der Waals surface area contributed by atoms with Gasteiger partial charge in [-0.1, -0.05) is 76.2 Å². The first-order chi connectivity index (χ1) is 26.0. The number of halogens is 2. The molecule has 4 aromatic rings. The Hall–Kier alpha value is -5.08. The Kier molecular flexibility index (Phi) is 14.9. The fraction of sp³-hybridized carbons (Fsp3) is 0.450. The van der Waals surface area contributed by atoms with Crippen molar-refractivity contribution in [1.29, 1.82) is 0 Å². The Morgan fingerprint density at radius 1 is 0.625 bits per heavy atom. The molecule has 4 atom stereocenters. The van der Waals surface area contributed by atoms with Gasteiger partial charge in [0.1, 0.15) is 23.7 Å². The smallest absolute Gasteiger partial charge is 0.407 e. The number of H-pyrrole nitrogens is 2. The topological polar surface area (TPSA) is 175 Å². The number of hydrogen-bond acceptors (Lipinski definition) is 8. The van der Waals surface area contributed by atoms with Crippen LogP contribution in [0, 0.1) is 11.8 Å².